The number of benzene rings is 3. The Bertz CT molecular complexity index is 1150. The lowest BCUT2D eigenvalue weighted by molar-refractivity contribution is -0.137. The third-order valence-corrected chi connectivity index (χ3v) is 6.73. The number of hydrogen-bond donors (Lipinski definition) is 2. The molecule has 168 valence electrons. The maximum absolute atomic E-state index is 11.2. The number of hydrogen-bond acceptors (Lipinski definition) is 5. The van der Waals surface area contributed by atoms with Crippen molar-refractivity contribution in [3.63, 3.8) is 0 Å². The zero-order valence-electron chi connectivity index (χ0n) is 18.2. The first kappa shape index (κ1) is 22.9. The first-order valence-corrected chi connectivity index (χ1v) is 12.0. The summed E-state index contributed by atoms with van der Waals surface area (Å²) in [5.74, 6) is 0.394. The fraction of sp³-hybridized carbons (Fsp3) is 0.259. The second-order valence-corrected chi connectivity index (χ2v) is 8.98. The molecule has 0 aliphatic heterocycles. The van der Waals surface area contributed by atoms with Crippen molar-refractivity contribution >= 4 is 17.9 Å². The zero-order valence-corrected chi connectivity index (χ0v) is 19.1. The number of nitrogens with two attached hydrogens (primary N) is 1. The predicted octanol–water partition coefficient (Wildman–Crippen LogP) is 5.38. The minimum atomic E-state index is -0.825. The van der Waals surface area contributed by atoms with E-state index in [1.165, 1.54) is 22.3 Å². The lowest BCUT2D eigenvalue weighted by atomic mass is 9.96. The van der Waals surface area contributed by atoms with Gasteiger partial charge in [-0.2, -0.15) is 5.26 Å². The van der Waals surface area contributed by atoms with Crippen molar-refractivity contribution in [2.24, 2.45) is 5.14 Å². The fourth-order valence-corrected chi connectivity index (χ4v) is 5.02. The molecule has 0 aromatic heterocycles. The Labute approximate surface area is 198 Å². The van der Waals surface area contributed by atoms with Crippen LogP contribution in [-0.2, 0) is 17.6 Å². The highest BCUT2D eigenvalue weighted by Gasteiger charge is 2.26. The molecule has 3 aromatic rings. The molecule has 0 heterocycles. The van der Waals surface area contributed by atoms with Crippen LogP contribution < -0.4 is 9.88 Å². The van der Waals surface area contributed by atoms with Crippen LogP contribution in [0.3, 0.4) is 0 Å². The summed E-state index contributed by atoms with van der Waals surface area (Å²) in [6.45, 7) is 0. The molecule has 3 N–H and O–H groups in total. The second-order valence-electron chi connectivity index (χ2n) is 8.31. The van der Waals surface area contributed by atoms with Gasteiger partial charge in [-0.25, -0.2) is 0 Å². The zero-order chi connectivity index (χ0) is 23.2. The molecule has 0 bridgehead atoms. The summed E-state index contributed by atoms with van der Waals surface area (Å²) >= 11 is 1.16. The van der Waals surface area contributed by atoms with Gasteiger partial charge in [0.05, 0.1) is 18.1 Å². The van der Waals surface area contributed by atoms with Gasteiger partial charge in [0.2, 0.25) is 0 Å². The van der Waals surface area contributed by atoms with Gasteiger partial charge in [-0.15, -0.1) is 0 Å². The summed E-state index contributed by atoms with van der Waals surface area (Å²) in [5.41, 5.74) is 6.70. The van der Waals surface area contributed by atoms with Crippen LogP contribution in [0.4, 0.5) is 0 Å². The van der Waals surface area contributed by atoms with Crippen molar-refractivity contribution < 1.29 is 14.6 Å². The molecule has 0 saturated heterocycles. The van der Waals surface area contributed by atoms with Crippen LogP contribution in [0.1, 0.15) is 58.2 Å². The van der Waals surface area contributed by atoms with Gasteiger partial charge in [0.15, 0.2) is 0 Å². The quantitative estimate of drug-likeness (QED) is 0.418. The summed E-state index contributed by atoms with van der Waals surface area (Å²) in [7, 11) is 0. The Morgan fingerprint density at radius 1 is 1.15 bits per heavy atom. The van der Waals surface area contributed by atoms with Crippen molar-refractivity contribution in [3.8, 4) is 11.8 Å². The van der Waals surface area contributed by atoms with Crippen molar-refractivity contribution in [2.75, 3.05) is 5.75 Å². The Kier molecular flexibility index (Phi) is 7.33. The molecule has 0 saturated carbocycles. The van der Waals surface area contributed by atoms with E-state index in [1.54, 1.807) is 0 Å². The number of fused-ring (bicyclic) bond motifs is 1. The van der Waals surface area contributed by atoms with Gasteiger partial charge >= 0.3 is 5.97 Å². The number of aliphatic carboxylic acids is 1. The van der Waals surface area contributed by atoms with Gasteiger partial charge in [-0.05, 0) is 71.3 Å². The maximum Gasteiger partial charge on any atom is 0.303 e. The standard InChI is InChI=1S/C27H26N2O3S/c28-16-19-6-4-18(5-7-19)14-21-2-1-3-25-24(21)12-13-26(25)32-23-10-8-20(9-11-23)22(17-33-29)15-27(30)31/h1-11,22,26H,12-15,17,29H2,(H,30,31). The highest BCUT2D eigenvalue weighted by molar-refractivity contribution is 7.97. The molecular formula is C27H26N2O3S. The molecule has 1 aliphatic rings. The monoisotopic (exact) mass is 458 g/mol. The van der Waals surface area contributed by atoms with E-state index >= 15 is 0 Å². The average Bonchev–Trinajstić information content (AvgIpc) is 3.23. The Morgan fingerprint density at radius 3 is 2.58 bits per heavy atom. The first-order chi connectivity index (χ1) is 16.1. The van der Waals surface area contributed by atoms with E-state index in [1.807, 2.05) is 48.5 Å². The van der Waals surface area contributed by atoms with Gasteiger partial charge in [0.1, 0.15) is 11.9 Å². The van der Waals surface area contributed by atoms with Gasteiger partial charge < -0.3 is 9.84 Å². The smallest absolute Gasteiger partial charge is 0.303 e. The van der Waals surface area contributed by atoms with Crippen LogP contribution in [0, 0.1) is 11.3 Å². The Morgan fingerprint density at radius 2 is 1.91 bits per heavy atom. The molecule has 33 heavy (non-hydrogen) atoms. The first-order valence-electron chi connectivity index (χ1n) is 11.0. The van der Waals surface area contributed by atoms with E-state index < -0.39 is 5.97 Å². The summed E-state index contributed by atoms with van der Waals surface area (Å²) in [4.78, 5) is 11.2. The van der Waals surface area contributed by atoms with Gasteiger partial charge in [0.25, 0.3) is 0 Å². The topological polar surface area (TPSA) is 96.3 Å². The fourth-order valence-electron chi connectivity index (χ4n) is 4.48. The second kappa shape index (κ2) is 10.6. The molecule has 0 fully saturated rings. The van der Waals surface area contributed by atoms with Crippen LogP contribution in [0.25, 0.3) is 0 Å². The summed E-state index contributed by atoms with van der Waals surface area (Å²) < 4.78 is 6.33. The molecule has 3 aromatic carbocycles. The number of carboxylic acids is 1. The lowest BCUT2D eigenvalue weighted by Crippen LogP contribution is -2.10. The van der Waals surface area contributed by atoms with E-state index in [0.717, 1.165) is 42.5 Å². The number of rotatable bonds is 9. The van der Waals surface area contributed by atoms with E-state index in [2.05, 4.69) is 24.3 Å². The van der Waals surface area contributed by atoms with E-state index in [4.69, 9.17) is 20.2 Å². The number of carbonyl (C=O) groups is 1. The lowest BCUT2D eigenvalue weighted by Gasteiger charge is -2.18. The summed E-state index contributed by atoms with van der Waals surface area (Å²) in [6.07, 6.45) is 2.79. The molecule has 5 nitrogen and oxygen atoms in total. The third-order valence-electron chi connectivity index (χ3n) is 6.14. The van der Waals surface area contributed by atoms with Crippen molar-refractivity contribution in [1.82, 2.24) is 0 Å². The highest BCUT2D eigenvalue weighted by Crippen LogP contribution is 2.37. The van der Waals surface area contributed by atoms with Crippen molar-refractivity contribution in [2.45, 2.75) is 37.7 Å². The van der Waals surface area contributed by atoms with Crippen LogP contribution in [0.2, 0.25) is 0 Å². The molecule has 0 radical (unpaired) electrons. The molecule has 2 unspecified atom stereocenters. The largest absolute Gasteiger partial charge is 0.486 e. The number of nitrogens with zero attached hydrogens (tertiary/aromatic N) is 1. The normalized spacial score (nSPS) is 15.5. The Balaban J connectivity index is 1.47. The van der Waals surface area contributed by atoms with E-state index in [9.17, 15) is 4.79 Å². The van der Waals surface area contributed by atoms with Crippen LogP contribution >= 0.6 is 11.9 Å². The predicted molar refractivity (Wildman–Crippen MR) is 130 cm³/mol. The van der Waals surface area contributed by atoms with Crippen LogP contribution in [0.15, 0.2) is 66.7 Å². The highest BCUT2D eigenvalue weighted by atomic mass is 32.2. The molecule has 1 aliphatic carbocycles. The number of ether oxygens (including phenoxy) is 1. The van der Waals surface area contributed by atoms with E-state index in [-0.39, 0.29) is 18.4 Å². The molecule has 4 rings (SSSR count). The average molecular weight is 459 g/mol. The minimum Gasteiger partial charge on any atom is -0.486 e. The van der Waals surface area contributed by atoms with Crippen molar-refractivity contribution in [3.05, 3.63) is 100 Å². The Hall–Kier alpha value is -3.27. The summed E-state index contributed by atoms with van der Waals surface area (Å²) in [5, 5.41) is 23.7. The third kappa shape index (κ3) is 5.57. The van der Waals surface area contributed by atoms with E-state index in [0.29, 0.717) is 11.3 Å². The van der Waals surface area contributed by atoms with Crippen molar-refractivity contribution in [1.29, 1.82) is 5.26 Å². The van der Waals surface area contributed by atoms with Crippen LogP contribution in [-0.4, -0.2) is 16.8 Å². The maximum atomic E-state index is 11.2. The summed E-state index contributed by atoms with van der Waals surface area (Å²) in [6, 6.07) is 24.0. The van der Waals surface area contributed by atoms with Gasteiger partial charge in [0, 0.05) is 11.7 Å². The molecule has 0 spiro atoms. The molecule has 6 heteroatoms. The molecular weight excluding hydrogens is 432 g/mol. The molecule has 2 atom stereocenters. The number of nitriles is 1. The van der Waals surface area contributed by atoms with Gasteiger partial charge in [-0.3, -0.25) is 9.93 Å². The van der Waals surface area contributed by atoms with Gasteiger partial charge in [-0.1, -0.05) is 54.4 Å². The van der Waals surface area contributed by atoms with Crippen LogP contribution in [0.5, 0.6) is 5.75 Å². The molecule has 0 amide bonds. The SMILES string of the molecule is N#Cc1ccc(Cc2cccc3c2CCC3Oc2ccc(C(CSN)CC(=O)O)cc2)cc1. The minimum absolute atomic E-state index is 0.00109. The number of carboxylic acid groups (broad SMARTS) is 1.